The molecule has 0 radical (unpaired) electrons. The lowest BCUT2D eigenvalue weighted by Crippen LogP contribution is -1.90. The first-order valence-corrected chi connectivity index (χ1v) is 5.94. The highest BCUT2D eigenvalue weighted by molar-refractivity contribution is 6.69. The molecule has 0 saturated heterocycles. The number of halogens is 2. The molecular weight excluding hydrogens is 269 g/mol. The summed E-state index contributed by atoms with van der Waals surface area (Å²) in [7, 11) is 0. The van der Waals surface area contributed by atoms with Gasteiger partial charge in [0.1, 0.15) is 0 Å². The topological polar surface area (TPSA) is 37.6 Å². The van der Waals surface area contributed by atoms with Crippen LogP contribution in [0, 0.1) is 0 Å². The van der Waals surface area contributed by atoms with Crippen molar-refractivity contribution in [3.05, 3.63) is 64.9 Å². The fourth-order valence-electron chi connectivity index (χ4n) is 1.27. The van der Waals surface area contributed by atoms with Crippen LogP contribution >= 0.6 is 23.2 Å². The average Bonchev–Trinajstić information content (AvgIpc) is 2.40. The maximum absolute atomic E-state index is 6.01. The second-order valence-corrected chi connectivity index (χ2v) is 4.23. The van der Waals surface area contributed by atoms with Crippen LogP contribution in [0.25, 0.3) is 0 Å². The highest BCUT2D eigenvalue weighted by Crippen LogP contribution is 2.13. The van der Waals surface area contributed by atoms with Gasteiger partial charge in [-0.05, 0) is 18.2 Å². The zero-order chi connectivity index (χ0) is 12.8. The predicted molar refractivity (Wildman–Crippen MR) is 75.7 cm³/mol. The third-order valence-electron chi connectivity index (χ3n) is 2.10. The van der Waals surface area contributed by atoms with Crippen LogP contribution in [0.5, 0.6) is 0 Å². The number of benzene rings is 1. The van der Waals surface area contributed by atoms with Gasteiger partial charge in [0.2, 0.25) is 0 Å². The van der Waals surface area contributed by atoms with E-state index in [-0.39, 0.29) is 5.17 Å². The largest absolute Gasteiger partial charge is 0.264 e. The second-order valence-electron chi connectivity index (χ2n) is 3.43. The van der Waals surface area contributed by atoms with Gasteiger partial charge in [-0.2, -0.15) is 5.10 Å². The van der Waals surface area contributed by atoms with Crippen LogP contribution in [0.15, 0.2) is 59.0 Å². The Labute approximate surface area is 115 Å². The Morgan fingerprint density at radius 2 is 2.11 bits per heavy atom. The molecule has 5 heteroatoms. The first kappa shape index (κ1) is 12.7. The molecule has 1 aromatic carbocycles. The Morgan fingerprint density at radius 3 is 2.83 bits per heavy atom. The van der Waals surface area contributed by atoms with Gasteiger partial charge < -0.3 is 0 Å². The Bertz CT molecular complexity index is 580. The van der Waals surface area contributed by atoms with E-state index < -0.39 is 0 Å². The molecule has 0 bridgehead atoms. The summed E-state index contributed by atoms with van der Waals surface area (Å²) in [6, 6.07) is 10.8. The molecule has 1 heterocycles. The van der Waals surface area contributed by atoms with E-state index in [0.717, 1.165) is 11.1 Å². The maximum atomic E-state index is 6.01. The molecule has 18 heavy (non-hydrogen) atoms. The van der Waals surface area contributed by atoms with Gasteiger partial charge in [-0.15, -0.1) is 5.10 Å². The van der Waals surface area contributed by atoms with E-state index in [0.29, 0.717) is 5.02 Å². The summed E-state index contributed by atoms with van der Waals surface area (Å²) in [5.41, 5.74) is 1.59. The molecule has 0 atom stereocenters. The van der Waals surface area contributed by atoms with Crippen LogP contribution < -0.4 is 0 Å². The van der Waals surface area contributed by atoms with Crippen LogP contribution in [0.3, 0.4) is 0 Å². The van der Waals surface area contributed by atoms with E-state index in [4.69, 9.17) is 23.2 Å². The van der Waals surface area contributed by atoms with Gasteiger partial charge in [0.05, 0.1) is 6.21 Å². The normalized spacial score (nSPS) is 12.0. The van der Waals surface area contributed by atoms with E-state index in [1.54, 1.807) is 36.8 Å². The van der Waals surface area contributed by atoms with Crippen molar-refractivity contribution >= 4 is 34.6 Å². The van der Waals surface area contributed by atoms with E-state index in [2.05, 4.69) is 15.2 Å². The summed E-state index contributed by atoms with van der Waals surface area (Å²) < 4.78 is 0. The standard InChI is InChI=1S/C13H9Cl2N3/c14-12-5-1-4-11(7-12)13(15)18-17-9-10-3-2-6-16-8-10/h1-9H/b17-9+,18-13+. The van der Waals surface area contributed by atoms with Gasteiger partial charge in [0.25, 0.3) is 0 Å². The zero-order valence-electron chi connectivity index (χ0n) is 9.29. The third-order valence-corrected chi connectivity index (χ3v) is 2.63. The van der Waals surface area contributed by atoms with Crippen molar-refractivity contribution < 1.29 is 0 Å². The molecular formula is C13H9Cl2N3. The van der Waals surface area contributed by atoms with Gasteiger partial charge in [0.15, 0.2) is 5.17 Å². The summed E-state index contributed by atoms with van der Waals surface area (Å²) in [6.45, 7) is 0. The lowest BCUT2D eigenvalue weighted by Gasteiger charge is -1.96. The molecule has 0 N–H and O–H groups in total. The number of aromatic nitrogens is 1. The van der Waals surface area contributed by atoms with Crippen LogP contribution in [-0.2, 0) is 0 Å². The Hall–Kier alpha value is -1.71. The molecule has 0 aliphatic carbocycles. The molecule has 0 fully saturated rings. The number of pyridine rings is 1. The Morgan fingerprint density at radius 1 is 1.22 bits per heavy atom. The zero-order valence-corrected chi connectivity index (χ0v) is 10.8. The highest BCUT2D eigenvalue weighted by Gasteiger charge is 1.99. The number of nitrogens with zero attached hydrogens (tertiary/aromatic N) is 3. The van der Waals surface area contributed by atoms with Gasteiger partial charge >= 0.3 is 0 Å². The minimum Gasteiger partial charge on any atom is -0.264 e. The van der Waals surface area contributed by atoms with Gasteiger partial charge in [-0.1, -0.05) is 41.4 Å². The lowest BCUT2D eigenvalue weighted by atomic mass is 10.2. The molecule has 2 aromatic rings. The lowest BCUT2D eigenvalue weighted by molar-refractivity contribution is 1.25. The van der Waals surface area contributed by atoms with Crippen molar-refractivity contribution in [3.8, 4) is 0 Å². The molecule has 0 saturated carbocycles. The molecule has 0 amide bonds. The molecule has 90 valence electrons. The number of hydrogen-bond donors (Lipinski definition) is 0. The first-order valence-electron chi connectivity index (χ1n) is 5.18. The highest BCUT2D eigenvalue weighted by atomic mass is 35.5. The van der Waals surface area contributed by atoms with Crippen molar-refractivity contribution in [1.82, 2.24) is 4.98 Å². The van der Waals surface area contributed by atoms with Crippen LogP contribution in [-0.4, -0.2) is 16.4 Å². The summed E-state index contributed by atoms with van der Waals surface area (Å²) in [4.78, 5) is 3.96. The third kappa shape index (κ3) is 3.65. The smallest absolute Gasteiger partial charge is 0.158 e. The van der Waals surface area contributed by atoms with Crippen molar-refractivity contribution in [2.45, 2.75) is 0 Å². The summed E-state index contributed by atoms with van der Waals surface area (Å²) in [5, 5.41) is 8.69. The van der Waals surface area contributed by atoms with Gasteiger partial charge in [-0.25, -0.2) is 0 Å². The van der Waals surface area contributed by atoms with E-state index in [9.17, 15) is 0 Å². The molecule has 0 unspecified atom stereocenters. The monoisotopic (exact) mass is 277 g/mol. The minimum atomic E-state index is 0.289. The molecule has 0 aliphatic heterocycles. The average molecular weight is 278 g/mol. The van der Waals surface area contributed by atoms with Crippen molar-refractivity contribution in [3.63, 3.8) is 0 Å². The molecule has 0 spiro atoms. The van der Waals surface area contributed by atoms with Crippen molar-refractivity contribution in [2.75, 3.05) is 0 Å². The molecule has 1 aromatic heterocycles. The second kappa shape index (κ2) is 6.28. The fourth-order valence-corrected chi connectivity index (χ4v) is 1.62. The summed E-state index contributed by atoms with van der Waals surface area (Å²) in [5.74, 6) is 0. The van der Waals surface area contributed by atoms with Crippen LogP contribution in [0.4, 0.5) is 0 Å². The SMILES string of the molecule is Cl/C(=N/N=C/c1cccnc1)c1cccc(Cl)c1. The van der Waals surface area contributed by atoms with Crippen molar-refractivity contribution in [1.29, 1.82) is 0 Å². The predicted octanol–water partition coefficient (Wildman–Crippen LogP) is 3.75. The minimum absolute atomic E-state index is 0.289. The van der Waals surface area contributed by atoms with E-state index in [1.165, 1.54) is 0 Å². The molecule has 0 aliphatic rings. The number of rotatable bonds is 3. The quantitative estimate of drug-likeness (QED) is 0.622. The van der Waals surface area contributed by atoms with Crippen LogP contribution in [0.2, 0.25) is 5.02 Å². The fraction of sp³-hybridized carbons (Fsp3) is 0. The van der Waals surface area contributed by atoms with E-state index >= 15 is 0 Å². The van der Waals surface area contributed by atoms with Gasteiger partial charge in [0, 0.05) is 28.5 Å². The van der Waals surface area contributed by atoms with Gasteiger partial charge in [-0.3, -0.25) is 4.98 Å². The van der Waals surface area contributed by atoms with E-state index in [1.807, 2.05) is 18.2 Å². The summed E-state index contributed by atoms with van der Waals surface area (Å²) >= 11 is 11.9. The number of hydrogen-bond acceptors (Lipinski definition) is 3. The maximum Gasteiger partial charge on any atom is 0.158 e. The first-order chi connectivity index (χ1) is 8.75. The molecule has 3 nitrogen and oxygen atoms in total. The summed E-state index contributed by atoms with van der Waals surface area (Å²) in [6.07, 6.45) is 4.96. The molecule has 2 rings (SSSR count). The Kier molecular flexibility index (Phi) is 4.45. The van der Waals surface area contributed by atoms with Crippen molar-refractivity contribution in [2.24, 2.45) is 10.2 Å². The van der Waals surface area contributed by atoms with Crippen LogP contribution in [0.1, 0.15) is 11.1 Å². The Balaban J connectivity index is 2.12.